The summed E-state index contributed by atoms with van der Waals surface area (Å²) < 4.78 is 0. The van der Waals surface area contributed by atoms with Crippen molar-refractivity contribution in [3.8, 4) is 0 Å². The van der Waals surface area contributed by atoms with Crippen molar-refractivity contribution in [3.05, 3.63) is 39.9 Å². The van der Waals surface area contributed by atoms with Gasteiger partial charge in [-0.1, -0.05) is 6.04 Å². The zero-order valence-electron chi connectivity index (χ0n) is 8.60. The zero-order chi connectivity index (χ0) is 12.0. The minimum Gasteiger partial charge on any atom is -0.352 e. The van der Waals surface area contributed by atoms with Gasteiger partial charge in [-0.15, -0.1) is 0 Å². The molecule has 5 nitrogen and oxygen atoms in total. The third-order valence-corrected chi connectivity index (χ3v) is 2.33. The fraction of sp³-hybridized carbons (Fsp3) is 0.300. The molecular weight excluding hydrogens is 224 g/mol. The van der Waals surface area contributed by atoms with Crippen LogP contribution < -0.4 is 5.32 Å². The molecule has 0 spiro atoms. The zero-order valence-corrected chi connectivity index (χ0v) is 9.60. The van der Waals surface area contributed by atoms with E-state index in [-0.39, 0.29) is 11.6 Å². The van der Waals surface area contributed by atoms with Gasteiger partial charge in [0.1, 0.15) is 0 Å². The molecule has 1 amide bonds. The summed E-state index contributed by atoms with van der Waals surface area (Å²) in [6.45, 7) is 0.583. The van der Waals surface area contributed by atoms with Gasteiger partial charge in [-0.2, -0.15) is 0 Å². The molecule has 0 aromatic heterocycles. The topological polar surface area (TPSA) is 72.2 Å². The standard InChI is InChI=1S/C10H11N2O3Si/c13-10(11-6-1-7-16)8-2-4-9(5-3-8)12(14)15/h2-5H,1,6-7H2,(H,11,13). The van der Waals surface area contributed by atoms with E-state index in [0.717, 1.165) is 12.5 Å². The van der Waals surface area contributed by atoms with E-state index in [9.17, 15) is 14.9 Å². The summed E-state index contributed by atoms with van der Waals surface area (Å²) in [6, 6.07) is 6.35. The first-order chi connectivity index (χ1) is 7.65. The highest BCUT2D eigenvalue weighted by atomic mass is 28.1. The van der Waals surface area contributed by atoms with Gasteiger partial charge in [0, 0.05) is 34.5 Å². The van der Waals surface area contributed by atoms with Crippen molar-refractivity contribution in [2.75, 3.05) is 6.54 Å². The van der Waals surface area contributed by atoms with E-state index in [1.165, 1.54) is 24.3 Å². The second-order valence-electron chi connectivity index (χ2n) is 3.16. The molecule has 1 aromatic rings. The maximum absolute atomic E-state index is 11.5. The molecule has 0 heterocycles. The first-order valence-corrected chi connectivity index (χ1v) is 5.53. The Hall–Kier alpha value is -1.69. The highest BCUT2D eigenvalue weighted by Gasteiger charge is 2.08. The third-order valence-electron chi connectivity index (χ3n) is 1.98. The monoisotopic (exact) mass is 235 g/mol. The lowest BCUT2D eigenvalue weighted by Crippen LogP contribution is -2.24. The predicted octanol–water partition coefficient (Wildman–Crippen LogP) is 1.30. The summed E-state index contributed by atoms with van der Waals surface area (Å²) in [7, 11) is 3.30. The lowest BCUT2D eigenvalue weighted by atomic mass is 10.2. The number of carbonyl (C=O) groups is 1. The molecule has 16 heavy (non-hydrogen) atoms. The van der Waals surface area contributed by atoms with Crippen LogP contribution in [0.3, 0.4) is 0 Å². The van der Waals surface area contributed by atoms with Crippen LogP contribution in [0.2, 0.25) is 6.04 Å². The largest absolute Gasteiger partial charge is 0.352 e. The van der Waals surface area contributed by atoms with Crippen molar-refractivity contribution in [1.29, 1.82) is 0 Å². The summed E-state index contributed by atoms with van der Waals surface area (Å²) in [5.74, 6) is -0.213. The Bertz CT molecular complexity index is 378. The molecule has 1 N–H and O–H groups in total. The number of hydrogen-bond donors (Lipinski definition) is 1. The van der Waals surface area contributed by atoms with Gasteiger partial charge in [0.05, 0.1) is 4.92 Å². The second kappa shape index (κ2) is 6.01. The van der Waals surface area contributed by atoms with Crippen molar-refractivity contribution >= 4 is 21.8 Å². The molecule has 6 heteroatoms. The molecule has 3 radical (unpaired) electrons. The van der Waals surface area contributed by atoms with Gasteiger partial charge in [0.2, 0.25) is 0 Å². The average molecular weight is 235 g/mol. The Balaban J connectivity index is 2.59. The Labute approximate surface area is 96.4 Å². The Morgan fingerprint density at radius 2 is 2.00 bits per heavy atom. The molecule has 0 fully saturated rings. The maximum Gasteiger partial charge on any atom is 0.269 e. The average Bonchev–Trinajstić information content (AvgIpc) is 2.29. The van der Waals surface area contributed by atoms with Crippen molar-refractivity contribution < 1.29 is 9.72 Å². The quantitative estimate of drug-likeness (QED) is 0.362. The molecule has 0 aliphatic heterocycles. The SMILES string of the molecule is O=C(NCCC[Si])c1ccc([N+](=O)[O-])cc1. The first-order valence-electron chi connectivity index (χ1n) is 4.82. The van der Waals surface area contributed by atoms with Crippen molar-refractivity contribution in [1.82, 2.24) is 5.32 Å². The molecule has 0 atom stereocenters. The molecule has 0 unspecified atom stereocenters. The van der Waals surface area contributed by atoms with Gasteiger partial charge in [0.25, 0.3) is 11.6 Å². The van der Waals surface area contributed by atoms with Crippen molar-refractivity contribution in [2.45, 2.75) is 12.5 Å². The summed E-state index contributed by atoms with van der Waals surface area (Å²) in [5, 5.41) is 13.1. The second-order valence-corrected chi connectivity index (χ2v) is 3.66. The fourth-order valence-corrected chi connectivity index (χ4v) is 1.30. The number of benzene rings is 1. The van der Waals surface area contributed by atoms with Crippen molar-refractivity contribution in [3.63, 3.8) is 0 Å². The number of nitro groups is 1. The molecule has 83 valence electrons. The highest BCUT2D eigenvalue weighted by Crippen LogP contribution is 2.11. The van der Waals surface area contributed by atoms with Crippen LogP contribution in [0, 0.1) is 10.1 Å². The van der Waals surface area contributed by atoms with Crippen LogP contribution in [0.4, 0.5) is 5.69 Å². The van der Waals surface area contributed by atoms with Gasteiger partial charge in [0.15, 0.2) is 0 Å². The van der Waals surface area contributed by atoms with E-state index in [2.05, 4.69) is 15.6 Å². The number of hydrogen-bond acceptors (Lipinski definition) is 3. The number of nitrogens with one attached hydrogen (secondary N) is 1. The summed E-state index contributed by atoms with van der Waals surface area (Å²) in [4.78, 5) is 21.4. The van der Waals surface area contributed by atoms with E-state index >= 15 is 0 Å². The van der Waals surface area contributed by atoms with Gasteiger partial charge < -0.3 is 5.32 Å². The summed E-state index contributed by atoms with van der Waals surface area (Å²) in [5.41, 5.74) is 0.413. The number of nitrogens with zero attached hydrogens (tertiary/aromatic N) is 1. The predicted molar refractivity (Wildman–Crippen MR) is 60.6 cm³/mol. The molecule has 0 aliphatic carbocycles. The lowest BCUT2D eigenvalue weighted by Gasteiger charge is -2.03. The fourth-order valence-electron chi connectivity index (χ4n) is 1.13. The van der Waals surface area contributed by atoms with Crippen LogP contribution in [0.25, 0.3) is 0 Å². The maximum atomic E-state index is 11.5. The third kappa shape index (κ3) is 3.47. The molecule has 0 bridgehead atoms. The van der Waals surface area contributed by atoms with E-state index < -0.39 is 4.92 Å². The van der Waals surface area contributed by atoms with Crippen LogP contribution in [0.15, 0.2) is 24.3 Å². The Morgan fingerprint density at radius 3 is 2.50 bits per heavy atom. The van der Waals surface area contributed by atoms with Crippen molar-refractivity contribution in [2.24, 2.45) is 0 Å². The normalized spacial score (nSPS) is 9.81. The molecular formula is C10H11N2O3Si. The highest BCUT2D eigenvalue weighted by molar-refractivity contribution is 6.08. The van der Waals surface area contributed by atoms with Crippen LogP contribution in [0.1, 0.15) is 16.8 Å². The minimum absolute atomic E-state index is 0.0169. The molecule has 0 saturated heterocycles. The minimum atomic E-state index is -0.494. The Kier molecular flexibility index (Phi) is 4.65. The van der Waals surface area contributed by atoms with Gasteiger partial charge in [-0.05, 0) is 18.6 Å². The molecule has 1 rings (SSSR count). The van der Waals surface area contributed by atoms with E-state index in [1.807, 2.05) is 0 Å². The first kappa shape index (κ1) is 12.4. The van der Waals surface area contributed by atoms with Gasteiger partial charge in [-0.3, -0.25) is 14.9 Å². The van der Waals surface area contributed by atoms with Gasteiger partial charge >= 0.3 is 0 Å². The molecule has 0 aliphatic rings. The smallest absolute Gasteiger partial charge is 0.269 e. The molecule has 0 saturated carbocycles. The Morgan fingerprint density at radius 1 is 1.38 bits per heavy atom. The van der Waals surface area contributed by atoms with E-state index in [0.29, 0.717) is 12.1 Å². The lowest BCUT2D eigenvalue weighted by molar-refractivity contribution is -0.384. The van der Waals surface area contributed by atoms with Crippen LogP contribution in [-0.4, -0.2) is 27.6 Å². The number of amides is 1. The number of non-ortho nitro benzene ring substituents is 1. The van der Waals surface area contributed by atoms with Gasteiger partial charge in [-0.25, -0.2) is 0 Å². The van der Waals surface area contributed by atoms with Crippen LogP contribution >= 0.6 is 0 Å². The van der Waals surface area contributed by atoms with Crippen LogP contribution in [0.5, 0.6) is 0 Å². The van der Waals surface area contributed by atoms with E-state index in [4.69, 9.17) is 0 Å². The number of nitro benzene ring substituents is 1. The summed E-state index contributed by atoms with van der Waals surface area (Å²) in [6.07, 6.45) is 0.843. The van der Waals surface area contributed by atoms with E-state index in [1.54, 1.807) is 0 Å². The number of carbonyl (C=O) groups excluding carboxylic acids is 1. The van der Waals surface area contributed by atoms with Crippen LogP contribution in [-0.2, 0) is 0 Å². The number of rotatable bonds is 5. The molecule has 1 aromatic carbocycles. The summed E-state index contributed by atoms with van der Waals surface area (Å²) >= 11 is 0.